The highest BCUT2D eigenvalue weighted by molar-refractivity contribution is 8.00. The summed E-state index contributed by atoms with van der Waals surface area (Å²) >= 11 is -0.230. The number of methoxy groups -OCH3 is 1. The number of halogens is 3. The van der Waals surface area contributed by atoms with E-state index in [0.717, 1.165) is 0 Å². The van der Waals surface area contributed by atoms with E-state index in [1.165, 1.54) is 41.0 Å². The van der Waals surface area contributed by atoms with Crippen molar-refractivity contribution < 1.29 is 32.2 Å². The molecule has 34 heavy (non-hydrogen) atoms. The van der Waals surface area contributed by atoms with E-state index in [-0.39, 0.29) is 35.3 Å². The van der Waals surface area contributed by atoms with E-state index in [0.29, 0.717) is 23.4 Å². The van der Waals surface area contributed by atoms with Crippen molar-refractivity contribution in [2.75, 3.05) is 13.7 Å². The minimum Gasteiger partial charge on any atom is -0.469 e. The third-order valence-electron chi connectivity index (χ3n) is 4.88. The molecule has 0 saturated carbocycles. The number of alkyl halides is 3. The SMILES string of the molecule is COC(=O)Cc1nn(-c2ccc(SC(F)(F)F)cc2)c2c1C(C#N)N(C(=O)OC(C)(C)C)CC2. The third kappa shape index (κ3) is 5.83. The molecule has 0 aliphatic carbocycles. The fourth-order valence-corrected chi connectivity index (χ4v) is 4.12. The van der Waals surface area contributed by atoms with Crippen molar-refractivity contribution in [1.29, 1.82) is 5.26 Å². The molecule has 0 saturated heterocycles. The first-order valence-electron chi connectivity index (χ1n) is 10.3. The number of fused-ring (bicyclic) bond motifs is 1. The molecule has 12 heteroatoms. The Balaban J connectivity index is 2.04. The Kier molecular flexibility index (Phi) is 7.16. The molecule has 0 N–H and O–H groups in total. The molecule has 1 amide bonds. The zero-order valence-electron chi connectivity index (χ0n) is 19.0. The van der Waals surface area contributed by atoms with Gasteiger partial charge in [-0.2, -0.15) is 23.5 Å². The van der Waals surface area contributed by atoms with Crippen LogP contribution in [-0.2, 0) is 27.1 Å². The van der Waals surface area contributed by atoms with Gasteiger partial charge in [-0.15, -0.1) is 0 Å². The number of aromatic nitrogens is 2. The van der Waals surface area contributed by atoms with Gasteiger partial charge in [0.2, 0.25) is 0 Å². The molecule has 0 bridgehead atoms. The monoisotopic (exact) mass is 496 g/mol. The lowest BCUT2D eigenvalue weighted by Gasteiger charge is -2.33. The molecule has 2 aromatic rings. The summed E-state index contributed by atoms with van der Waals surface area (Å²) in [5, 5.41) is 14.4. The topological polar surface area (TPSA) is 97.5 Å². The Hall–Kier alpha value is -3.20. The summed E-state index contributed by atoms with van der Waals surface area (Å²) in [5.41, 5.74) is -3.51. The lowest BCUT2D eigenvalue weighted by atomic mass is 9.96. The Morgan fingerprint density at radius 2 is 1.88 bits per heavy atom. The minimum atomic E-state index is -4.41. The Bertz CT molecular complexity index is 1120. The van der Waals surface area contributed by atoms with Gasteiger partial charge >= 0.3 is 17.6 Å². The van der Waals surface area contributed by atoms with Gasteiger partial charge in [0.15, 0.2) is 6.04 Å². The van der Waals surface area contributed by atoms with Crippen LogP contribution in [0.5, 0.6) is 0 Å². The van der Waals surface area contributed by atoms with Gasteiger partial charge < -0.3 is 9.47 Å². The van der Waals surface area contributed by atoms with Crippen LogP contribution in [0.1, 0.15) is 43.8 Å². The summed E-state index contributed by atoms with van der Waals surface area (Å²) in [4.78, 5) is 26.1. The van der Waals surface area contributed by atoms with E-state index < -0.39 is 29.2 Å². The number of rotatable bonds is 4. The minimum absolute atomic E-state index is 0.0121. The number of carbonyl (C=O) groups excluding carboxylic acids is 2. The molecule has 182 valence electrons. The number of hydrogen-bond acceptors (Lipinski definition) is 7. The van der Waals surface area contributed by atoms with Gasteiger partial charge in [-0.3, -0.25) is 9.69 Å². The Labute approximate surface area is 198 Å². The molecule has 3 rings (SSSR count). The number of hydrogen-bond donors (Lipinski definition) is 0. The van der Waals surface area contributed by atoms with Crippen LogP contribution in [0.3, 0.4) is 0 Å². The van der Waals surface area contributed by atoms with Crippen LogP contribution in [0.2, 0.25) is 0 Å². The molecule has 2 heterocycles. The fraction of sp³-hybridized carbons (Fsp3) is 0.455. The van der Waals surface area contributed by atoms with Crippen LogP contribution in [0.25, 0.3) is 5.69 Å². The largest absolute Gasteiger partial charge is 0.469 e. The van der Waals surface area contributed by atoms with Crippen LogP contribution < -0.4 is 0 Å². The van der Waals surface area contributed by atoms with E-state index >= 15 is 0 Å². The van der Waals surface area contributed by atoms with Crippen LogP contribution in [0, 0.1) is 11.3 Å². The number of thioether (sulfide) groups is 1. The molecule has 1 aromatic carbocycles. The number of esters is 1. The molecular weight excluding hydrogens is 473 g/mol. The number of nitrogens with zero attached hydrogens (tertiary/aromatic N) is 4. The standard InChI is InChI=1S/C22H23F3N4O4S/c1-21(2,3)33-20(31)28-10-9-16-19(17(28)12-26)15(11-18(30)32-4)27-29(16)13-5-7-14(8-6-13)34-22(23,24)25/h5-8,17H,9-11H2,1-4H3. The molecule has 1 atom stereocenters. The van der Waals surface area contributed by atoms with Gasteiger partial charge in [0, 0.05) is 23.4 Å². The fourth-order valence-electron chi connectivity index (χ4n) is 3.58. The van der Waals surface area contributed by atoms with E-state index in [2.05, 4.69) is 11.2 Å². The molecule has 0 fully saturated rings. The third-order valence-corrected chi connectivity index (χ3v) is 5.62. The first-order valence-corrected chi connectivity index (χ1v) is 11.1. The highest BCUT2D eigenvalue weighted by Gasteiger charge is 2.39. The lowest BCUT2D eigenvalue weighted by Crippen LogP contribution is -2.43. The maximum Gasteiger partial charge on any atom is 0.446 e. The van der Waals surface area contributed by atoms with E-state index in [9.17, 15) is 28.0 Å². The summed E-state index contributed by atoms with van der Waals surface area (Å²) in [5.74, 6) is -0.588. The summed E-state index contributed by atoms with van der Waals surface area (Å²) in [6.45, 7) is 5.29. The van der Waals surface area contributed by atoms with Crippen molar-refractivity contribution >= 4 is 23.8 Å². The van der Waals surface area contributed by atoms with Gasteiger partial charge in [-0.05, 0) is 56.8 Å². The average Bonchev–Trinajstić information content (AvgIpc) is 3.09. The van der Waals surface area contributed by atoms with Gasteiger partial charge in [0.1, 0.15) is 5.60 Å². The number of nitriles is 1. The summed E-state index contributed by atoms with van der Waals surface area (Å²) < 4.78 is 49.7. The van der Waals surface area contributed by atoms with Crippen LogP contribution in [0.15, 0.2) is 29.2 Å². The number of carbonyl (C=O) groups is 2. The molecule has 1 aromatic heterocycles. The average molecular weight is 497 g/mol. The van der Waals surface area contributed by atoms with Crippen molar-refractivity contribution in [2.45, 2.75) is 55.7 Å². The summed E-state index contributed by atoms with van der Waals surface area (Å²) in [7, 11) is 1.22. The highest BCUT2D eigenvalue weighted by atomic mass is 32.2. The molecule has 8 nitrogen and oxygen atoms in total. The zero-order chi connectivity index (χ0) is 25.3. The molecule has 0 spiro atoms. The smallest absolute Gasteiger partial charge is 0.446 e. The first kappa shape index (κ1) is 25.4. The maximum absolute atomic E-state index is 12.8. The van der Waals surface area contributed by atoms with Crippen molar-refractivity contribution in [3.8, 4) is 11.8 Å². The molecule has 0 radical (unpaired) electrons. The second-order valence-corrected chi connectivity index (χ2v) is 9.61. The zero-order valence-corrected chi connectivity index (χ0v) is 19.8. The van der Waals surface area contributed by atoms with E-state index in [4.69, 9.17) is 9.47 Å². The summed E-state index contributed by atoms with van der Waals surface area (Å²) in [6.07, 6.45) is -0.622. The molecular formula is C22H23F3N4O4S. The van der Waals surface area contributed by atoms with Crippen molar-refractivity contribution in [1.82, 2.24) is 14.7 Å². The van der Waals surface area contributed by atoms with Gasteiger partial charge in [-0.1, -0.05) is 0 Å². The van der Waals surface area contributed by atoms with Crippen LogP contribution >= 0.6 is 11.8 Å². The van der Waals surface area contributed by atoms with Crippen molar-refractivity contribution in [3.63, 3.8) is 0 Å². The predicted molar refractivity (Wildman–Crippen MR) is 116 cm³/mol. The molecule has 1 aliphatic heterocycles. The number of benzene rings is 1. The second-order valence-electron chi connectivity index (χ2n) is 8.47. The first-order chi connectivity index (χ1) is 15.8. The number of ether oxygens (including phenoxy) is 2. The van der Waals surface area contributed by atoms with Crippen molar-refractivity contribution in [3.05, 3.63) is 41.2 Å². The maximum atomic E-state index is 12.8. The molecule has 1 unspecified atom stereocenters. The van der Waals surface area contributed by atoms with Gasteiger partial charge in [-0.25, -0.2) is 9.48 Å². The van der Waals surface area contributed by atoms with Crippen LogP contribution in [-0.4, -0.2) is 51.5 Å². The quantitative estimate of drug-likeness (QED) is 0.452. The number of amides is 1. The van der Waals surface area contributed by atoms with Gasteiger partial charge in [0.25, 0.3) is 0 Å². The van der Waals surface area contributed by atoms with E-state index in [1.807, 2.05) is 0 Å². The highest BCUT2D eigenvalue weighted by Crippen LogP contribution is 2.38. The predicted octanol–water partition coefficient (Wildman–Crippen LogP) is 4.56. The Morgan fingerprint density at radius 1 is 1.24 bits per heavy atom. The Morgan fingerprint density at radius 3 is 2.41 bits per heavy atom. The summed E-state index contributed by atoms with van der Waals surface area (Å²) in [6, 6.07) is 6.63. The molecule has 1 aliphatic rings. The van der Waals surface area contributed by atoms with E-state index in [1.54, 1.807) is 20.8 Å². The van der Waals surface area contributed by atoms with Crippen LogP contribution in [0.4, 0.5) is 18.0 Å². The second kappa shape index (κ2) is 9.58. The normalized spacial score (nSPS) is 15.9. The lowest BCUT2D eigenvalue weighted by molar-refractivity contribution is -0.139. The van der Waals surface area contributed by atoms with Gasteiger partial charge in [0.05, 0.1) is 36.7 Å². The van der Waals surface area contributed by atoms with Crippen molar-refractivity contribution in [2.24, 2.45) is 0 Å².